The van der Waals surface area contributed by atoms with Gasteiger partial charge < -0.3 is 5.11 Å². The van der Waals surface area contributed by atoms with E-state index in [-0.39, 0.29) is 20.6 Å². The molecule has 0 bridgehead atoms. The topological polar surface area (TPSA) is 54.4 Å². The highest BCUT2D eigenvalue weighted by Gasteiger charge is 2.17. The van der Waals surface area contributed by atoms with Gasteiger partial charge in [0.05, 0.1) is 15.1 Å². The van der Waals surface area contributed by atoms with Crippen molar-refractivity contribution in [2.24, 2.45) is 0 Å². The summed E-state index contributed by atoms with van der Waals surface area (Å²) in [5.74, 6) is -2.65. The van der Waals surface area contributed by atoms with Gasteiger partial charge in [-0.25, -0.2) is 4.79 Å². The van der Waals surface area contributed by atoms with Crippen LogP contribution in [0.2, 0.25) is 15.1 Å². The molecule has 0 atom stereocenters. The Morgan fingerprint density at radius 2 is 1.50 bits per heavy atom. The first kappa shape index (κ1) is 11.3. The van der Waals surface area contributed by atoms with Crippen LogP contribution in [0.15, 0.2) is 12.1 Å². The van der Waals surface area contributed by atoms with E-state index in [0.717, 1.165) is 12.1 Å². The van der Waals surface area contributed by atoms with Gasteiger partial charge in [0, 0.05) is 5.56 Å². The summed E-state index contributed by atoms with van der Waals surface area (Å²) in [7, 11) is 0. The first-order valence-corrected chi connectivity index (χ1v) is 4.49. The zero-order valence-corrected chi connectivity index (χ0v) is 8.82. The van der Waals surface area contributed by atoms with E-state index in [1.165, 1.54) is 0 Å². The molecule has 74 valence electrons. The Labute approximate surface area is 94.2 Å². The largest absolute Gasteiger partial charge is 0.475 e. The molecular formula is C8H3Cl3O3. The van der Waals surface area contributed by atoms with Crippen molar-refractivity contribution in [1.29, 1.82) is 0 Å². The number of carbonyl (C=O) groups is 2. The molecule has 0 aliphatic carbocycles. The van der Waals surface area contributed by atoms with Crippen LogP contribution in [-0.2, 0) is 4.79 Å². The van der Waals surface area contributed by atoms with E-state index in [2.05, 4.69) is 0 Å². The zero-order chi connectivity index (χ0) is 10.9. The van der Waals surface area contributed by atoms with Gasteiger partial charge >= 0.3 is 5.97 Å². The molecule has 1 aromatic rings. The lowest BCUT2D eigenvalue weighted by Crippen LogP contribution is -2.12. The number of carboxylic acid groups (broad SMARTS) is 1. The smallest absolute Gasteiger partial charge is 0.377 e. The fraction of sp³-hybridized carbons (Fsp3) is 0. The van der Waals surface area contributed by atoms with E-state index >= 15 is 0 Å². The van der Waals surface area contributed by atoms with Crippen molar-refractivity contribution in [3.8, 4) is 0 Å². The van der Waals surface area contributed by atoms with Gasteiger partial charge in [-0.3, -0.25) is 4.79 Å². The molecule has 1 rings (SSSR count). The average Bonchev–Trinajstić information content (AvgIpc) is 2.12. The number of ketones is 1. The summed E-state index contributed by atoms with van der Waals surface area (Å²) >= 11 is 16.8. The molecule has 0 unspecified atom stereocenters. The number of carboxylic acids is 1. The third-order valence-corrected chi connectivity index (χ3v) is 2.64. The quantitative estimate of drug-likeness (QED) is 0.501. The first-order chi connectivity index (χ1) is 6.43. The second-order valence-electron chi connectivity index (χ2n) is 2.39. The Kier molecular flexibility index (Phi) is 3.37. The summed E-state index contributed by atoms with van der Waals surface area (Å²) in [5.41, 5.74) is -0.100. The fourth-order valence-corrected chi connectivity index (χ4v) is 1.41. The number of halogens is 3. The van der Waals surface area contributed by atoms with Gasteiger partial charge in [-0.2, -0.15) is 0 Å². The van der Waals surface area contributed by atoms with Crippen LogP contribution in [-0.4, -0.2) is 16.9 Å². The Balaban J connectivity index is 3.26. The highest BCUT2D eigenvalue weighted by molar-refractivity contribution is 6.49. The summed E-state index contributed by atoms with van der Waals surface area (Å²) in [6, 6.07) is 2.32. The van der Waals surface area contributed by atoms with Crippen molar-refractivity contribution < 1.29 is 14.7 Å². The highest BCUT2D eigenvalue weighted by Crippen LogP contribution is 2.31. The first-order valence-electron chi connectivity index (χ1n) is 3.35. The van der Waals surface area contributed by atoms with Gasteiger partial charge in [-0.15, -0.1) is 0 Å². The van der Waals surface area contributed by atoms with Gasteiger partial charge in [0.2, 0.25) is 0 Å². The normalized spacial score (nSPS) is 9.93. The van der Waals surface area contributed by atoms with Gasteiger partial charge in [0.15, 0.2) is 0 Å². The Bertz CT molecular complexity index is 391. The van der Waals surface area contributed by atoms with E-state index in [9.17, 15) is 9.59 Å². The molecule has 1 aromatic carbocycles. The number of rotatable bonds is 2. The second kappa shape index (κ2) is 4.17. The van der Waals surface area contributed by atoms with Crippen molar-refractivity contribution in [2.75, 3.05) is 0 Å². The minimum atomic E-state index is -1.57. The second-order valence-corrected chi connectivity index (χ2v) is 3.58. The lowest BCUT2D eigenvalue weighted by atomic mass is 10.1. The van der Waals surface area contributed by atoms with Gasteiger partial charge in [0.25, 0.3) is 5.78 Å². The molecule has 0 aliphatic heterocycles. The maximum atomic E-state index is 11.0. The predicted molar refractivity (Wildman–Crippen MR) is 53.4 cm³/mol. The molecule has 6 heteroatoms. The summed E-state index contributed by atoms with van der Waals surface area (Å²) in [6.45, 7) is 0. The van der Waals surface area contributed by atoms with Crippen LogP contribution >= 0.6 is 34.8 Å². The average molecular weight is 253 g/mol. The third-order valence-electron chi connectivity index (χ3n) is 1.44. The Morgan fingerprint density at radius 3 is 1.86 bits per heavy atom. The molecule has 0 saturated heterocycles. The van der Waals surface area contributed by atoms with Crippen LogP contribution in [0.5, 0.6) is 0 Å². The van der Waals surface area contributed by atoms with Crippen molar-refractivity contribution in [3.63, 3.8) is 0 Å². The standard InChI is InChI=1S/C8H3Cl3O3/c9-4-1-3(7(12)8(13)14)2-5(10)6(4)11/h1-2H,(H,13,14). The van der Waals surface area contributed by atoms with Gasteiger partial charge in [-0.05, 0) is 12.1 Å². The van der Waals surface area contributed by atoms with Gasteiger partial charge in [0.1, 0.15) is 0 Å². The molecular weight excluding hydrogens is 250 g/mol. The molecule has 0 aliphatic rings. The summed E-state index contributed by atoms with van der Waals surface area (Å²) < 4.78 is 0. The maximum absolute atomic E-state index is 11.0. The number of benzene rings is 1. The fourth-order valence-electron chi connectivity index (χ4n) is 0.810. The molecule has 14 heavy (non-hydrogen) atoms. The summed E-state index contributed by atoms with van der Waals surface area (Å²) in [6.07, 6.45) is 0. The van der Waals surface area contributed by atoms with E-state index in [1.54, 1.807) is 0 Å². The highest BCUT2D eigenvalue weighted by atomic mass is 35.5. The van der Waals surface area contributed by atoms with Crippen LogP contribution in [0.3, 0.4) is 0 Å². The van der Waals surface area contributed by atoms with Crippen molar-refractivity contribution in [1.82, 2.24) is 0 Å². The SMILES string of the molecule is O=C(O)C(=O)c1cc(Cl)c(Cl)c(Cl)c1. The lowest BCUT2D eigenvalue weighted by Gasteiger charge is -2.01. The van der Waals surface area contributed by atoms with E-state index in [0.29, 0.717) is 0 Å². The van der Waals surface area contributed by atoms with E-state index in [4.69, 9.17) is 39.9 Å². The minimum absolute atomic E-state index is 0.0452. The monoisotopic (exact) mass is 252 g/mol. The molecule has 0 amide bonds. The van der Waals surface area contributed by atoms with Crippen LogP contribution in [0, 0.1) is 0 Å². The molecule has 0 heterocycles. The summed E-state index contributed by atoms with van der Waals surface area (Å²) in [5, 5.41) is 8.60. The number of Topliss-reactive ketones (excluding diaryl/α,β-unsaturated/α-hetero) is 1. The third kappa shape index (κ3) is 2.18. The van der Waals surface area contributed by atoms with Crippen LogP contribution in [0.25, 0.3) is 0 Å². The molecule has 0 radical (unpaired) electrons. The zero-order valence-electron chi connectivity index (χ0n) is 6.55. The minimum Gasteiger partial charge on any atom is -0.475 e. The number of aliphatic carboxylic acids is 1. The molecule has 0 spiro atoms. The van der Waals surface area contributed by atoms with Crippen molar-refractivity contribution in [2.45, 2.75) is 0 Å². The van der Waals surface area contributed by atoms with Crippen molar-refractivity contribution >= 4 is 46.6 Å². The van der Waals surface area contributed by atoms with Crippen LogP contribution in [0.4, 0.5) is 0 Å². The molecule has 0 aromatic heterocycles. The molecule has 3 nitrogen and oxygen atoms in total. The lowest BCUT2D eigenvalue weighted by molar-refractivity contribution is -0.131. The Morgan fingerprint density at radius 1 is 1.07 bits per heavy atom. The number of carbonyl (C=O) groups excluding carboxylic acids is 1. The Hall–Kier alpha value is -0.770. The molecule has 1 N–H and O–H groups in total. The van der Waals surface area contributed by atoms with Crippen molar-refractivity contribution in [3.05, 3.63) is 32.8 Å². The predicted octanol–water partition coefficient (Wildman–Crippen LogP) is 2.91. The van der Waals surface area contributed by atoms with Crippen LogP contribution < -0.4 is 0 Å². The number of hydrogen-bond donors (Lipinski definition) is 1. The van der Waals surface area contributed by atoms with Gasteiger partial charge in [-0.1, -0.05) is 34.8 Å². The molecule has 0 fully saturated rings. The number of hydrogen-bond acceptors (Lipinski definition) is 2. The molecule has 0 saturated carbocycles. The van der Waals surface area contributed by atoms with Crippen LogP contribution in [0.1, 0.15) is 10.4 Å². The maximum Gasteiger partial charge on any atom is 0.377 e. The summed E-state index contributed by atoms with van der Waals surface area (Å²) in [4.78, 5) is 21.3. The van der Waals surface area contributed by atoms with E-state index < -0.39 is 11.8 Å². The van der Waals surface area contributed by atoms with E-state index in [1.807, 2.05) is 0 Å².